The predicted molar refractivity (Wildman–Crippen MR) is 122 cm³/mol. The van der Waals surface area contributed by atoms with Crippen LogP contribution in [-0.2, 0) is 17.9 Å². The Bertz CT molecular complexity index is 1360. The predicted octanol–water partition coefficient (Wildman–Crippen LogP) is 3.68. The summed E-state index contributed by atoms with van der Waals surface area (Å²) < 4.78 is 8.28. The Kier molecular flexibility index (Phi) is 5.69. The number of aryl methyl sites for hydroxylation is 3. The van der Waals surface area contributed by atoms with E-state index in [1.54, 1.807) is 11.5 Å². The summed E-state index contributed by atoms with van der Waals surface area (Å²) in [6.07, 6.45) is 0. The Morgan fingerprint density at radius 3 is 2.56 bits per heavy atom. The van der Waals surface area contributed by atoms with Gasteiger partial charge in [0.05, 0.1) is 11.0 Å². The van der Waals surface area contributed by atoms with Crippen molar-refractivity contribution in [3.63, 3.8) is 0 Å². The van der Waals surface area contributed by atoms with Crippen molar-refractivity contribution in [2.45, 2.75) is 53.8 Å². The molecule has 0 aliphatic carbocycles. The molecule has 0 bridgehead atoms. The van der Waals surface area contributed by atoms with Gasteiger partial charge in [-0.1, -0.05) is 28.9 Å². The third kappa shape index (κ3) is 4.08. The second-order valence-corrected chi connectivity index (χ2v) is 8.38. The van der Waals surface area contributed by atoms with Crippen LogP contribution in [0.25, 0.3) is 22.4 Å². The Morgan fingerprint density at radius 2 is 1.88 bits per heavy atom. The summed E-state index contributed by atoms with van der Waals surface area (Å²) in [7, 11) is 0. The maximum absolute atomic E-state index is 13.2. The van der Waals surface area contributed by atoms with E-state index in [-0.39, 0.29) is 24.2 Å². The summed E-state index contributed by atoms with van der Waals surface area (Å²) in [5.41, 5.74) is 5.23. The highest BCUT2D eigenvalue weighted by Crippen LogP contribution is 2.24. The van der Waals surface area contributed by atoms with Gasteiger partial charge in [0, 0.05) is 25.1 Å². The molecule has 0 spiro atoms. The zero-order valence-corrected chi connectivity index (χ0v) is 19.0. The summed E-state index contributed by atoms with van der Waals surface area (Å²) in [6, 6.07) is 11.6. The number of carbonyl (C=O) groups is 1. The number of carbonyl (C=O) groups excluding carboxylic acids is 1. The fourth-order valence-electron chi connectivity index (χ4n) is 3.87. The lowest BCUT2D eigenvalue weighted by Gasteiger charge is -2.10. The lowest BCUT2D eigenvalue weighted by atomic mass is 10.1. The van der Waals surface area contributed by atoms with Crippen LogP contribution in [0, 0.1) is 20.8 Å². The van der Waals surface area contributed by atoms with Crippen molar-refractivity contribution in [3.8, 4) is 11.4 Å². The second-order valence-electron chi connectivity index (χ2n) is 8.38. The van der Waals surface area contributed by atoms with Gasteiger partial charge in [-0.2, -0.15) is 4.98 Å². The van der Waals surface area contributed by atoms with E-state index in [2.05, 4.69) is 21.5 Å². The van der Waals surface area contributed by atoms with Crippen LogP contribution in [0.1, 0.15) is 42.5 Å². The van der Waals surface area contributed by atoms with Crippen molar-refractivity contribution in [1.29, 1.82) is 0 Å². The Morgan fingerprint density at radius 1 is 1.09 bits per heavy atom. The van der Waals surface area contributed by atoms with Crippen LogP contribution in [0.5, 0.6) is 0 Å². The van der Waals surface area contributed by atoms with Crippen LogP contribution >= 0.6 is 0 Å². The van der Waals surface area contributed by atoms with Crippen molar-refractivity contribution < 1.29 is 9.32 Å². The molecule has 0 aliphatic rings. The van der Waals surface area contributed by atoms with Gasteiger partial charge in [0.2, 0.25) is 17.6 Å². The summed E-state index contributed by atoms with van der Waals surface area (Å²) in [5.74, 6) is 0.680. The number of nitrogens with zero attached hydrogens (tertiary/aromatic N) is 4. The molecule has 32 heavy (non-hydrogen) atoms. The maximum Gasteiger partial charge on any atom is 0.329 e. The average Bonchev–Trinajstić information content (AvgIpc) is 3.29. The van der Waals surface area contributed by atoms with Crippen molar-refractivity contribution in [1.82, 2.24) is 24.6 Å². The lowest BCUT2D eigenvalue weighted by Crippen LogP contribution is -2.33. The molecule has 1 amide bonds. The highest BCUT2D eigenvalue weighted by Gasteiger charge is 2.19. The van der Waals surface area contributed by atoms with E-state index in [4.69, 9.17) is 4.52 Å². The van der Waals surface area contributed by atoms with Crippen molar-refractivity contribution in [2.75, 3.05) is 0 Å². The van der Waals surface area contributed by atoms with Gasteiger partial charge < -0.3 is 9.84 Å². The average molecular weight is 434 g/mol. The highest BCUT2D eigenvalue weighted by atomic mass is 16.5. The quantitative estimate of drug-likeness (QED) is 0.501. The van der Waals surface area contributed by atoms with Gasteiger partial charge in [-0.05, 0) is 57.0 Å². The molecular formula is C24H27N5O3. The molecule has 2 aromatic heterocycles. The minimum Gasteiger partial charge on any atom is -0.350 e. The Balaban J connectivity index is 1.67. The van der Waals surface area contributed by atoms with Gasteiger partial charge in [-0.25, -0.2) is 4.79 Å². The van der Waals surface area contributed by atoms with E-state index < -0.39 is 0 Å². The first-order chi connectivity index (χ1) is 15.2. The summed E-state index contributed by atoms with van der Waals surface area (Å²) in [5, 5.41) is 6.91. The molecule has 8 heteroatoms. The first-order valence-electron chi connectivity index (χ1n) is 10.6. The fourth-order valence-corrected chi connectivity index (χ4v) is 3.87. The molecular weight excluding hydrogens is 406 g/mol. The van der Waals surface area contributed by atoms with Crippen LogP contribution in [0.3, 0.4) is 0 Å². The van der Waals surface area contributed by atoms with E-state index >= 15 is 0 Å². The number of amides is 1. The van der Waals surface area contributed by atoms with Gasteiger partial charge in [0.25, 0.3) is 0 Å². The molecule has 0 unspecified atom stereocenters. The first-order valence-corrected chi connectivity index (χ1v) is 10.6. The molecule has 8 nitrogen and oxygen atoms in total. The highest BCUT2D eigenvalue weighted by molar-refractivity contribution is 5.84. The lowest BCUT2D eigenvalue weighted by molar-refractivity contribution is -0.121. The smallest absolute Gasteiger partial charge is 0.329 e. The molecule has 4 aromatic rings. The molecule has 2 aromatic carbocycles. The van der Waals surface area contributed by atoms with Crippen molar-refractivity contribution >= 4 is 16.9 Å². The number of fused-ring (bicyclic) bond motifs is 1. The molecule has 0 saturated carbocycles. The Hall–Kier alpha value is -3.68. The minimum absolute atomic E-state index is 0.0532. The van der Waals surface area contributed by atoms with E-state index in [0.717, 1.165) is 27.8 Å². The molecule has 1 N–H and O–H groups in total. The van der Waals surface area contributed by atoms with Gasteiger partial charge in [-0.3, -0.25) is 13.9 Å². The maximum atomic E-state index is 13.2. The van der Waals surface area contributed by atoms with E-state index in [1.165, 1.54) is 4.57 Å². The summed E-state index contributed by atoms with van der Waals surface area (Å²) in [6.45, 7) is 9.99. The molecule has 0 atom stereocenters. The monoisotopic (exact) mass is 433 g/mol. The van der Waals surface area contributed by atoms with Crippen molar-refractivity contribution in [3.05, 3.63) is 69.5 Å². The molecule has 0 aliphatic heterocycles. The van der Waals surface area contributed by atoms with Crippen molar-refractivity contribution in [2.24, 2.45) is 0 Å². The first kappa shape index (κ1) is 21.5. The molecule has 166 valence electrons. The van der Waals surface area contributed by atoms with E-state index in [0.29, 0.717) is 23.8 Å². The number of nitrogens with one attached hydrogen (secondary N) is 1. The fraction of sp³-hybridized carbons (Fsp3) is 0.333. The minimum atomic E-state index is -0.225. The largest absolute Gasteiger partial charge is 0.350 e. The van der Waals surface area contributed by atoms with E-state index in [9.17, 15) is 9.59 Å². The van der Waals surface area contributed by atoms with Gasteiger partial charge in [0.1, 0.15) is 6.54 Å². The number of aromatic nitrogens is 4. The normalized spacial score (nSPS) is 11.4. The zero-order chi connectivity index (χ0) is 23.0. The second kappa shape index (κ2) is 8.45. The van der Waals surface area contributed by atoms with Crippen LogP contribution in [-0.4, -0.2) is 25.2 Å². The SMILES string of the molecule is Cc1ccc(C)c(CNC(=O)Cn2c(=O)n(C(C)C)c3ccc(-c4noc(C)n4)cc32)c1. The van der Waals surface area contributed by atoms with Gasteiger partial charge in [-0.15, -0.1) is 0 Å². The number of hydrogen-bond acceptors (Lipinski definition) is 5. The summed E-state index contributed by atoms with van der Waals surface area (Å²) in [4.78, 5) is 30.3. The van der Waals surface area contributed by atoms with E-state index in [1.807, 2.05) is 58.0 Å². The van der Waals surface area contributed by atoms with Gasteiger partial charge >= 0.3 is 5.69 Å². The zero-order valence-electron chi connectivity index (χ0n) is 19.0. The number of rotatable bonds is 6. The van der Waals surface area contributed by atoms with Crippen LogP contribution in [0.15, 0.2) is 45.7 Å². The van der Waals surface area contributed by atoms with Crippen LogP contribution in [0.2, 0.25) is 0 Å². The molecule has 0 fully saturated rings. The molecule has 4 rings (SSSR count). The van der Waals surface area contributed by atoms with Crippen LogP contribution < -0.4 is 11.0 Å². The third-order valence-electron chi connectivity index (χ3n) is 5.55. The number of imidazole rings is 1. The van der Waals surface area contributed by atoms with Crippen LogP contribution in [0.4, 0.5) is 0 Å². The third-order valence-corrected chi connectivity index (χ3v) is 5.55. The Labute approximate surface area is 185 Å². The molecule has 0 saturated heterocycles. The number of benzene rings is 2. The topological polar surface area (TPSA) is 95.0 Å². The summed E-state index contributed by atoms with van der Waals surface area (Å²) >= 11 is 0. The van der Waals surface area contributed by atoms with Gasteiger partial charge in [0.15, 0.2) is 0 Å². The standard InChI is InChI=1S/C24H27N5O3/c1-14(2)29-20-9-8-18(23-26-17(5)32-27-23)11-21(20)28(24(29)31)13-22(30)25-12-19-10-15(3)6-7-16(19)4/h6-11,14H,12-13H2,1-5H3,(H,25,30). The number of hydrogen-bond donors (Lipinski definition) is 1. The molecule has 0 radical (unpaired) electrons. The molecule has 2 heterocycles.